The van der Waals surface area contributed by atoms with Crippen LogP contribution < -0.4 is 0 Å². The van der Waals surface area contributed by atoms with Crippen LogP contribution in [0.5, 0.6) is 0 Å². The minimum absolute atomic E-state index is 0.0345. The summed E-state index contributed by atoms with van der Waals surface area (Å²) < 4.78 is 5.31. The number of methoxy groups -OCH3 is 1. The van der Waals surface area contributed by atoms with Crippen LogP contribution in [0.2, 0.25) is 0 Å². The number of urea groups is 1. The van der Waals surface area contributed by atoms with Crippen LogP contribution in [0, 0.1) is 5.92 Å². The van der Waals surface area contributed by atoms with Gasteiger partial charge >= 0.3 is 12.0 Å². The second-order valence-corrected chi connectivity index (χ2v) is 5.35. The third-order valence-electron chi connectivity index (χ3n) is 4.02. The van der Waals surface area contributed by atoms with Crippen molar-refractivity contribution in [2.75, 3.05) is 33.3 Å². The highest BCUT2D eigenvalue weighted by Gasteiger charge is 2.32. The molecule has 108 valence electrons. The van der Waals surface area contributed by atoms with Crippen molar-refractivity contribution in [3.8, 4) is 0 Å². The Morgan fingerprint density at radius 3 is 2.37 bits per heavy atom. The Labute approximate surface area is 113 Å². The summed E-state index contributed by atoms with van der Waals surface area (Å²) in [5, 5.41) is 9.06. The normalized spacial score (nSPS) is 28.3. The van der Waals surface area contributed by atoms with E-state index in [1.54, 1.807) is 16.9 Å². The molecule has 0 radical (unpaired) electrons. The number of piperidine rings is 2. The van der Waals surface area contributed by atoms with Crippen LogP contribution in [-0.4, -0.2) is 66.3 Å². The van der Waals surface area contributed by atoms with Crippen LogP contribution in [0.4, 0.5) is 4.79 Å². The lowest BCUT2D eigenvalue weighted by atomic mass is 9.98. The Balaban J connectivity index is 1.93. The monoisotopic (exact) mass is 270 g/mol. The molecule has 0 spiro atoms. The third-order valence-corrected chi connectivity index (χ3v) is 4.02. The lowest BCUT2D eigenvalue weighted by Gasteiger charge is -2.38. The molecule has 0 saturated carbocycles. The molecule has 2 amide bonds. The van der Waals surface area contributed by atoms with Crippen LogP contribution in [0.25, 0.3) is 0 Å². The van der Waals surface area contributed by atoms with Gasteiger partial charge in [0, 0.05) is 33.3 Å². The molecule has 0 aromatic carbocycles. The van der Waals surface area contributed by atoms with Crippen molar-refractivity contribution < 1.29 is 19.4 Å². The molecular formula is C13H22N2O4. The van der Waals surface area contributed by atoms with E-state index in [9.17, 15) is 9.59 Å². The maximum atomic E-state index is 12.4. The summed E-state index contributed by atoms with van der Waals surface area (Å²) in [4.78, 5) is 26.9. The Hall–Kier alpha value is -1.30. The summed E-state index contributed by atoms with van der Waals surface area (Å²) in [5.74, 6) is -1.22. The highest BCUT2D eigenvalue weighted by molar-refractivity contribution is 5.76. The fourth-order valence-corrected chi connectivity index (χ4v) is 2.86. The van der Waals surface area contributed by atoms with Gasteiger partial charge in [0.2, 0.25) is 0 Å². The largest absolute Gasteiger partial charge is 0.481 e. The fraction of sp³-hybridized carbons (Fsp3) is 0.846. The van der Waals surface area contributed by atoms with E-state index < -0.39 is 11.9 Å². The molecule has 2 unspecified atom stereocenters. The second kappa shape index (κ2) is 6.23. The molecule has 2 fully saturated rings. The topological polar surface area (TPSA) is 70.1 Å². The van der Waals surface area contributed by atoms with Crippen molar-refractivity contribution in [3.63, 3.8) is 0 Å². The fourth-order valence-electron chi connectivity index (χ4n) is 2.86. The molecule has 0 bridgehead atoms. The molecule has 2 aliphatic heterocycles. The Kier molecular flexibility index (Phi) is 4.63. The average Bonchev–Trinajstić information content (AvgIpc) is 2.46. The zero-order chi connectivity index (χ0) is 13.8. The molecule has 2 aliphatic rings. The maximum Gasteiger partial charge on any atom is 0.320 e. The minimum atomic E-state index is -0.800. The summed E-state index contributed by atoms with van der Waals surface area (Å²) >= 11 is 0. The first kappa shape index (κ1) is 14.1. The molecule has 6 heteroatoms. The molecule has 2 rings (SSSR count). The minimum Gasteiger partial charge on any atom is -0.481 e. The predicted octanol–water partition coefficient (Wildman–Crippen LogP) is 1.01. The van der Waals surface area contributed by atoms with Gasteiger partial charge < -0.3 is 19.6 Å². The summed E-state index contributed by atoms with van der Waals surface area (Å²) in [6.45, 7) is 2.36. The molecule has 2 saturated heterocycles. The van der Waals surface area contributed by atoms with E-state index in [4.69, 9.17) is 9.84 Å². The van der Waals surface area contributed by atoms with Gasteiger partial charge in [0.15, 0.2) is 0 Å². The number of aliphatic carboxylic acids is 1. The van der Waals surface area contributed by atoms with E-state index in [1.165, 1.54) is 0 Å². The van der Waals surface area contributed by atoms with Crippen LogP contribution in [0.1, 0.15) is 25.7 Å². The van der Waals surface area contributed by atoms with Crippen molar-refractivity contribution in [2.24, 2.45) is 5.92 Å². The van der Waals surface area contributed by atoms with Crippen LogP contribution in [0.15, 0.2) is 0 Å². The van der Waals surface area contributed by atoms with Gasteiger partial charge in [-0.1, -0.05) is 0 Å². The number of carboxylic acids is 1. The van der Waals surface area contributed by atoms with E-state index in [1.807, 2.05) is 0 Å². The molecule has 19 heavy (non-hydrogen) atoms. The van der Waals surface area contributed by atoms with E-state index in [-0.39, 0.29) is 12.1 Å². The van der Waals surface area contributed by atoms with Gasteiger partial charge in [0.05, 0.1) is 12.0 Å². The first-order valence-corrected chi connectivity index (χ1v) is 6.91. The Morgan fingerprint density at radius 1 is 1.11 bits per heavy atom. The number of amides is 2. The smallest absolute Gasteiger partial charge is 0.320 e. The molecule has 0 aromatic rings. The van der Waals surface area contributed by atoms with Gasteiger partial charge in [0.1, 0.15) is 0 Å². The lowest BCUT2D eigenvalue weighted by Crippen LogP contribution is -2.52. The lowest BCUT2D eigenvalue weighted by molar-refractivity contribution is -0.143. The summed E-state index contributed by atoms with van der Waals surface area (Å²) in [6, 6.07) is -0.0345. The molecule has 2 atom stereocenters. The second-order valence-electron chi connectivity index (χ2n) is 5.35. The SMILES string of the molecule is COC1CCCN(C(=O)N2CCCC(C(=O)O)C2)C1. The van der Waals surface area contributed by atoms with Crippen molar-refractivity contribution in [1.82, 2.24) is 9.80 Å². The standard InChI is InChI=1S/C13H22N2O4/c1-19-11-5-3-7-15(9-11)13(18)14-6-2-4-10(8-14)12(16)17/h10-11H,2-9H2,1H3,(H,16,17). The number of hydrogen-bond acceptors (Lipinski definition) is 3. The average molecular weight is 270 g/mol. The number of nitrogens with zero attached hydrogens (tertiary/aromatic N) is 2. The zero-order valence-electron chi connectivity index (χ0n) is 11.4. The van der Waals surface area contributed by atoms with Crippen molar-refractivity contribution in [2.45, 2.75) is 31.8 Å². The highest BCUT2D eigenvalue weighted by atomic mass is 16.5. The van der Waals surface area contributed by atoms with E-state index in [0.717, 1.165) is 25.8 Å². The molecule has 1 N–H and O–H groups in total. The number of carboxylic acid groups (broad SMARTS) is 1. The predicted molar refractivity (Wildman–Crippen MR) is 68.9 cm³/mol. The van der Waals surface area contributed by atoms with E-state index in [0.29, 0.717) is 26.1 Å². The van der Waals surface area contributed by atoms with Crippen molar-refractivity contribution in [3.05, 3.63) is 0 Å². The van der Waals surface area contributed by atoms with Gasteiger partial charge in [-0.3, -0.25) is 4.79 Å². The number of carbonyl (C=O) groups excluding carboxylic acids is 1. The number of likely N-dealkylation sites (tertiary alicyclic amines) is 2. The first-order valence-electron chi connectivity index (χ1n) is 6.91. The first-order chi connectivity index (χ1) is 9.11. The van der Waals surface area contributed by atoms with Gasteiger partial charge in [-0.05, 0) is 25.7 Å². The number of carbonyl (C=O) groups is 2. The Bertz CT molecular complexity index is 348. The molecule has 0 aromatic heterocycles. The van der Waals surface area contributed by atoms with E-state index >= 15 is 0 Å². The third kappa shape index (κ3) is 3.37. The number of hydrogen-bond donors (Lipinski definition) is 1. The van der Waals surface area contributed by atoms with Gasteiger partial charge in [-0.15, -0.1) is 0 Å². The van der Waals surface area contributed by atoms with Gasteiger partial charge in [-0.2, -0.15) is 0 Å². The Morgan fingerprint density at radius 2 is 1.74 bits per heavy atom. The number of rotatable bonds is 2. The van der Waals surface area contributed by atoms with Gasteiger partial charge in [0.25, 0.3) is 0 Å². The van der Waals surface area contributed by atoms with Gasteiger partial charge in [-0.25, -0.2) is 4.79 Å². The maximum absolute atomic E-state index is 12.4. The van der Waals surface area contributed by atoms with Crippen molar-refractivity contribution >= 4 is 12.0 Å². The van der Waals surface area contributed by atoms with E-state index in [2.05, 4.69) is 0 Å². The van der Waals surface area contributed by atoms with Crippen LogP contribution >= 0.6 is 0 Å². The molecule has 0 aliphatic carbocycles. The molecular weight excluding hydrogens is 248 g/mol. The van der Waals surface area contributed by atoms with Crippen molar-refractivity contribution in [1.29, 1.82) is 0 Å². The summed E-state index contributed by atoms with van der Waals surface area (Å²) in [7, 11) is 1.67. The molecule has 6 nitrogen and oxygen atoms in total. The zero-order valence-corrected chi connectivity index (χ0v) is 11.4. The summed E-state index contributed by atoms with van der Waals surface area (Å²) in [6.07, 6.45) is 3.47. The number of ether oxygens (including phenoxy) is 1. The van der Waals surface area contributed by atoms with Crippen LogP contribution in [0.3, 0.4) is 0 Å². The highest BCUT2D eigenvalue weighted by Crippen LogP contribution is 2.20. The molecule has 2 heterocycles. The van der Waals surface area contributed by atoms with Crippen LogP contribution in [-0.2, 0) is 9.53 Å². The quantitative estimate of drug-likeness (QED) is 0.813. The summed E-state index contributed by atoms with van der Waals surface area (Å²) in [5.41, 5.74) is 0.